The number of hydrogen-bond donors (Lipinski definition) is 3. The molecule has 1 unspecified atom stereocenters. The summed E-state index contributed by atoms with van der Waals surface area (Å²) in [6.07, 6.45) is 2.80. The molecule has 0 aliphatic rings. The van der Waals surface area contributed by atoms with Gasteiger partial charge in [-0.05, 0) is 37.0 Å². The summed E-state index contributed by atoms with van der Waals surface area (Å²) in [5.74, 6) is 0. The maximum absolute atomic E-state index is 10.2. The Labute approximate surface area is 116 Å². The van der Waals surface area contributed by atoms with E-state index < -0.39 is 11.7 Å². The summed E-state index contributed by atoms with van der Waals surface area (Å²) in [7, 11) is 0. The minimum atomic E-state index is -0.655. The minimum Gasteiger partial charge on any atom is -0.388 e. The molecule has 19 heavy (non-hydrogen) atoms. The zero-order chi connectivity index (χ0) is 14.3. The standard InChI is InChI=1S/C16H27NO2/c1-4-8-15(18)13-9-7-10-14(11-13)17-12-16(19,5-2)6-3/h7,9-11,15,17-19H,4-6,8,12H2,1-3H3. The second kappa shape index (κ2) is 7.51. The van der Waals surface area contributed by atoms with Crippen LogP contribution in [0.5, 0.6) is 0 Å². The first-order valence-electron chi connectivity index (χ1n) is 7.29. The second-order valence-corrected chi connectivity index (χ2v) is 5.21. The number of hydrogen-bond acceptors (Lipinski definition) is 3. The van der Waals surface area contributed by atoms with E-state index in [1.807, 2.05) is 38.1 Å². The van der Waals surface area contributed by atoms with Crippen molar-refractivity contribution in [1.82, 2.24) is 0 Å². The Morgan fingerprint density at radius 1 is 1.21 bits per heavy atom. The largest absolute Gasteiger partial charge is 0.388 e. The predicted octanol–water partition coefficient (Wildman–Crippen LogP) is 3.48. The van der Waals surface area contributed by atoms with Crippen LogP contribution in [0.15, 0.2) is 24.3 Å². The summed E-state index contributed by atoms with van der Waals surface area (Å²) in [4.78, 5) is 0. The van der Waals surface area contributed by atoms with Gasteiger partial charge >= 0.3 is 0 Å². The summed E-state index contributed by atoms with van der Waals surface area (Å²) < 4.78 is 0. The highest BCUT2D eigenvalue weighted by Gasteiger charge is 2.21. The first kappa shape index (κ1) is 16.0. The zero-order valence-corrected chi connectivity index (χ0v) is 12.3. The van der Waals surface area contributed by atoms with Crippen molar-refractivity contribution in [3.8, 4) is 0 Å². The van der Waals surface area contributed by atoms with Crippen molar-refractivity contribution < 1.29 is 10.2 Å². The van der Waals surface area contributed by atoms with Crippen LogP contribution in [0.3, 0.4) is 0 Å². The van der Waals surface area contributed by atoms with Crippen LogP contribution in [0.4, 0.5) is 5.69 Å². The van der Waals surface area contributed by atoms with Crippen molar-refractivity contribution in [3.63, 3.8) is 0 Å². The van der Waals surface area contributed by atoms with E-state index in [-0.39, 0.29) is 0 Å². The lowest BCUT2D eigenvalue weighted by Crippen LogP contribution is -2.35. The number of benzene rings is 1. The van der Waals surface area contributed by atoms with Crippen LogP contribution in [0, 0.1) is 0 Å². The molecular weight excluding hydrogens is 238 g/mol. The van der Waals surface area contributed by atoms with Crippen LogP contribution in [-0.4, -0.2) is 22.4 Å². The molecule has 0 fully saturated rings. The van der Waals surface area contributed by atoms with E-state index in [9.17, 15) is 10.2 Å². The summed E-state index contributed by atoms with van der Waals surface area (Å²) >= 11 is 0. The number of aliphatic hydroxyl groups is 2. The van der Waals surface area contributed by atoms with Crippen LogP contribution >= 0.6 is 0 Å². The number of aliphatic hydroxyl groups excluding tert-OH is 1. The lowest BCUT2D eigenvalue weighted by atomic mass is 9.97. The third kappa shape index (κ3) is 4.84. The molecule has 108 valence electrons. The van der Waals surface area contributed by atoms with Gasteiger partial charge in [-0.25, -0.2) is 0 Å². The average Bonchev–Trinajstić information content (AvgIpc) is 2.45. The van der Waals surface area contributed by atoms with Gasteiger partial charge in [-0.15, -0.1) is 0 Å². The molecular formula is C16H27NO2. The van der Waals surface area contributed by atoms with Crippen molar-refractivity contribution in [2.45, 2.75) is 58.2 Å². The lowest BCUT2D eigenvalue weighted by Gasteiger charge is -2.26. The van der Waals surface area contributed by atoms with Gasteiger partial charge in [-0.3, -0.25) is 0 Å². The van der Waals surface area contributed by atoms with Crippen LogP contribution in [-0.2, 0) is 0 Å². The van der Waals surface area contributed by atoms with Gasteiger partial charge in [0.2, 0.25) is 0 Å². The highest BCUT2D eigenvalue weighted by Crippen LogP contribution is 2.22. The normalized spacial score (nSPS) is 13.3. The minimum absolute atomic E-state index is 0.400. The molecule has 0 spiro atoms. The summed E-state index contributed by atoms with van der Waals surface area (Å²) in [5.41, 5.74) is 1.23. The molecule has 0 heterocycles. The second-order valence-electron chi connectivity index (χ2n) is 5.21. The zero-order valence-electron chi connectivity index (χ0n) is 12.3. The van der Waals surface area contributed by atoms with E-state index in [1.54, 1.807) is 0 Å². The molecule has 0 saturated carbocycles. The highest BCUT2D eigenvalue weighted by molar-refractivity contribution is 5.46. The monoisotopic (exact) mass is 265 g/mol. The van der Waals surface area contributed by atoms with Gasteiger partial charge in [-0.1, -0.05) is 39.3 Å². The van der Waals surface area contributed by atoms with E-state index in [4.69, 9.17) is 0 Å². The first-order chi connectivity index (χ1) is 9.04. The summed E-state index contributed by atoms with van der Waals surface area (Å²) in [6.45, 7) is 6.58. The Balaban J connectivity index is 2.67. The van der Waals surface area contributed by atoms with Crippen LogP contribution in [0.1, 0.15) is 58.1 Å². The molecule has 0 radical (unpaired) electrons. The van der Waals surface area contributed by atoms with E-state index >= 15 is 0 Å². The van der Waals surface area contributed by atoms with Crippen LogP contribution < -0.4 is 5.32 Å². The maximum Gasteiger partial charge on any atom is 0.0814 e. The Hall–Kier alpha value is -1.06. The predicted molar refractivity (Wildman–Crippen MR) is 80.3 cm³/mol. The molecule has 1 atom stereocenters. The molecule has 0 bridgehead atoms. The molecule has 3 nitrogen and oxygen atoms in total. The lowest BCUT2D eigenvalue weighted by molar-refractivity contribution is 0.0457. The number of rotatable bonds is 8. The Bertz CT molecular complexity index is 375. The van der Waals surface area contributed by atoms with Gasteiger partial charge in [0.15, 0.2) is 0 Å². The van der Waals surface area contributed by atoms with Crippen molar-refractivity contribution in [2.24, 2.45) is 0 Å². The third-order valence-corrected chi connectivity index (χ3v) is 3.77. The van der Waals surface area contributed by atoms with Gasteiger partial charge in [0.05, 0.1) is 11.7 Å². The Morgan fingerprint density at radius 2 is 1.89 bits per heavy atom. The molecule has 0 aliphatic carbocycles. The van der Waals surface area contributed by atoms with Gasteiger partial charge in [-0.2, -0.15) is 0 Å². The van der Waals surface area contributed by atoms with Gasteiger partial charge in [0.25, 0.3) is 0 Å². The molecule has 0 aromatic heterocycles. The van der Waals surface area contributed by atoms with Gasteiger partial charge in [0.1, 0.15) is 0 Å². The molecule has 3 heteroatoms. The van der Waals surface area contributed by atoms with E-state index in [2.05, 4.69) is 12.2 Å². The van der Waals surface area contributed by atoms with E-state index in [1.165, 1.54) is 0 Å². The molecule has 1 aromatic carbocycles. The smallest absolute Gasteiger partial charge is 0.0814 e. The summed E-state index contributed by atoms with van der Waals surface area (Å²) in [5, 5.41) is 23.5. The SMILES string of the molecule is CCCC(O)c1cccc(NCC(O)(CC)CC)c1. The molecule has 1 rings (SSSR count). The van der Waals surface area contributed by atoms with Gasteiger partial charge < -0.3 is 15.5 Å². The molecule has 0 amide bonds. The van der Waals surface area contributed by atoms with E-state index in [0.717, 1.165) is 36.9 Å². The number of anilines is 1. The number of nitrogens with one attached hydrogen (secondary N) is 1. The van der Waals surface area contributed by atoms with Crippen LogP contribution in [0.25, 0.3) is 0 Å². The van der Waals surface area contributed by atoms with Crippen molar-refractivity contribution >= 4 is 5.69 Å². The topological polar surface area (TPSA) is 52.5 Å². The molecule has 0 aliphatic heterocycles. The highest BCUT2D eigenvalue weighted by atomic mass is 16.3. The quantitative estimate of drug-likeness (QED) is 0.674. The molecule has 0 saturated heterocycles. The maximum atomic E-state index is 10.2. The van der Waals surface area contributed by atoms with Gasteiger partial charge in [0, 0.05) is 12.2 Å². The van der Waals surface area contributed by atoms with E-state index in [0.29, 0.717) is 6.54 Å². The fraction of sp³-hybridized carbons (Fsp3) is 0.625. The van der Waals surface area contributed by atoms with Crippen LogP contribution in [0.2, 0.25) is 0 Å². The van der Waals surface area contributed by atoms with Crippen molar-refractivity contribution in [1.29, 1.82) is 0 Å². The summed E-state index contributed by atoms with van der Waals surface area (Å²) in [6, 6.07) is 7.81. The molecule has 1 aromatic rings. The first-order valence-corrected chi connectivity index (χ1v) is 7.29. The average molecular weight is 265 g/mol. The third-order valence-electron chi connectivity index (χ3n) is 3.77. The van der Waals surface area contributed by atoms with Crippen molar-refractivity contribution in [3.05, 3.63) is 29.8 Å². The van der Waals surface area contributed by atoms with Crippen molar-refractivity contribution in [2.75, 3.05) is 11.9 Å². The Kier molecular flexibility index (Phi) is 6.32. The fourth-order valence-electron chi connectivity index (χ4n) is 2.06. The fourth-order valence-corrected chi connectivity index (χ4v) is 2.06. The molecule has 3 N–H and O–H groups in total. The Morgan fingerprint density at radius 3 is 2.47 bits per heavy atom.